The van der Waals surface area contributed by atoms with E-state index in [9.17, 15) is 19.2 Å². The number of halogens is 2. The standard InChI is InChI=1S/C27H32F2N6O6/c1-17(2)16-40-26(38)32-13-20-15-35(27(39)41-20)19-10-21(28)24(22(29)11-19)34-8-6-33(7-9-34)23(36)14-31-25(37)18-4-3-5-30-12-18/h3-5,10-12,17,20H,6-9,13-16H2,1-2H3,(H,31,37)(H,32,38). The van der Waals surface area contributed by atoms with Gasteiger partial charge in [0.2, 0.25) is 5.91 Å². The Morgan fingerprint density at radius 3 is 2.46 bits per heavy atom. The van der Waals surface area contributed by atoms with E-state index in [2.05, 4.69) is 15.6 Å². The summed E-state index contributed by atoms with van der Waals surface area (Å²) in [6.45, 7) is 4.52. The van der Waals surface area contributed by atoms with E-state index in [0.717, 1.165) is 17.0 Å². The van der Waals surface area contributed by atoms with E-state index in [1.807, 2.05) is 13.8 Å². The van der Waals surface area contributed by atoms with Crippen LogP contribution < -0.4 is 20.4 Å². The summed E-state index contributed by atoms with van der Waals surface area (Å²) in [7, 11) is 0. The molecule has 2 aromatic rings. The van der Waals surface area contributed by atoms with Crippen LogP contribution in [0.4, 0.5) is 29.7 Å². The van der Waals surface area contributed by atoms with Gasteiger partial charge in [0.05, 0.1) is 37.5 Å². The number of carbonyl (C=O) groups excluding carboxylic acids is 4. The molecule has 2 aliphatic heterocycles. The third-order valence-corrected chi connectivity index (χ3v) is 6.48. The zero-order valence-electron chi connectivity index (χ0n) is 22.8. The van der Waals surface area contributed by atoms with Crippen LogP contribution in [0.2, 0.25) is 0 Å². The van der Waals surface area contributed by atoms with Crippen LogP contribution >= 0.6 is 0 Å². The topological polar surface area (TPSA) is 133 Å². The first-order valence-corrected chi connectivity index (χ1v) is 13.2. The van der Waals surface area contributed by atoms with Gasteiger partial charge in [-0.2, -0.15) is 0 Å². The molecule has 220 valence electrons. The Morgan fingerprint density at radius 1 is 1.12 bits per heavy atom. The molecule has 0 aliphatic carbocycles. The lowest BCUT2D eigenvalue weighted by Gasteiger charge is -2.36. The van der Waals surface area contributed by atoms with E-state index in [1.54, 1.807) is 12.1 Å². The number of nitrogens with zero attached hydrogens (tertiary/aromatic N) is 4. The van der Waals surface area contributed by atoms with Crippen molar-refractivity contribution in [3.05, 3.63) is 53.9 Å². The smallest absolute Gasteiger partial charge is 0.414 e. The molecule has 2 aliphatic rings. The number of ether oxygens (including phenoxy) is 2. The fourth-order valence-corrected chi connectivity index (χ4v) is 4.39. The van der Waals surface area contributed by atoms with E-state index in [-0.39, 0.29) is 75.6 Å². The maximum atomic E-state index is 15.1. The fourth-order valence-electron chi connectivity index (χ4n) is 4.39. The van der Waals surface area contributed by atoms with Crippen molar-refractivity contribution >= 4 is 35.4 Å². The van der Waals surface area contributed by atoms with Crippen LogP contribution in [0.25, 0.3) is 0 Å². The van der Waals surface area contributed by atoms with Crippen LogP contribution in [-0.4, -0.2) is 92.4 Å². The highest BCUT2D eigenvalue weighted by molar-refractivity contribution is 5.96. The first kappa shape index (κ1) is 29.5. The molecule has 2 N–H and O–H groups in total. The average molecular weight is 575 g/mol. The van der Waals surface area contributed by atoms with Crippen molar-refractivity contribution in [2.75, 3.05) is 62.2 Å². The van der Waals surface area contributed by atoms with Crippen LogP contribution in [0.3, 0.4) is 0 Å². The zero-order chi connectivity index (χ0) is 29.5. The number of amides is 4. The second-order valence-electron chi connectivity index (χ2n) is 10.0. The van der Waals surface area contributed by atoms with Crippen molar-refractivity contribution in [1.29, 1.82) is 0 Å². The molecular formula is C27H32F2N6O6. The Balaban J connectivity index is 1.29. The summed E-state index contributed by atoms with van der Waals surface area (Å²) in [6.07, 6.45) is 0.765. The molecule has 0 saturated carbocycles. The summed E-state index contributed by atoms with van der Waals surface area (Å²) in [6, 6.07) is 5.30. The van der Waals surface area contributed by atoms with Gasteiger partial charge in [-0.25, -0.2) is 18.4 Å². The molecule has 1 aromatic carbocycles. The van der Waals surface area contributed by atoms with Crippen molar-refractivity contribution in [2.45, 2.75) is 20.0 Å². The predicted molar refractivity (Wildman–Crippen MR) is 144 cm³/mol. The fraction of sp³-hybridized carbons (Fsp3) is 0.444. The van der Waals surface area contributed by atoms with Gasteiger partial charge in [-0.05, 0) is 18.1 Å². The molecule has 14 heteroatoms. The number of hydrogen-bond donors (Lipinski definition) is 2. The predicted octanol–water partition coefficient (Wildman–Crippen LogP) is 2.15. The molecule has 2 saturated heterocycles. The Labute approximate surface area is 235 Å². The quantitative estimate of drug-likeness (QED) is 0.466. The molecule has 3 heterocycles. The number of cyclic esters (lactones) is 1. The average Bonchev–Trinajstić information content (AvgIpc) is 3.34. The van der Waals surface area contributed by atoms with Crippen LogP contribution in [0.5, 0.6) is 0 Å². The van der Waals surface area contributed by atoms with Crippen molar-refractivity contribution in [2.24, 2.45) is 5.92 Å². The second-order valence-corrected chi connectivity index (χ2v) is 10.0. The summed E-state index contributed by atoms with van der Waals surface area (Å²) in [4.78, 5) is 56.8. The number of anilines is 2. The van der Waals surface area contributed by atoms with Crippen LogP contribution in [0.1, 0.15) is 24.2 Å². The minimum absolute atomic E-state index is 0.0143. The lowest BCUT2D eigenvalue weighted by Crippen LogP contribution is -2.51. The number of rotatable bonds is 9. The van der Waals surface area contributed by atoms with Crippen LogP contribution in [0, 0.1) is 17.6 Å². The number of nitrogens with one attached hydrogen (secondary N) is 2. The maximum Gasteiger partial charge on any atom is 0.414 e. The van der Waals surface area contributed by atoms with Crippen molar-refractivity contribution in [3.8, 4) is 0 Å². The normalized spacial score (nSPS) is 17.0. The minimum Gasteiger partial charge on any atom is -0.449 e. The zero-order valence-corrected chi connectivity index (χ0v) is 22.8. The maximum absolute atomic E-state index is 15.1. The Hall–Kier alpha value is -4.49. The highest BCUT2D eigenvalue weighted by Crippen LogP contribution is 2.31. The second kappa shape index (κ2) is 13.2. The van der Waals surface area contributed by atoms with E-state index in [1.165, 1.54) is 22.2 Å². The third kappa shape index (κ3) is 7.58. The van der Waals surface area contributed by atoms with Gasteiger partial charge in [0.1, 0.15) is 11.8 Å². The van der Waals surface area contributed by atoms with Gasteiger partial charge in [0, 0.05) is 50.7 Å². The molecule has 0 spiro atoms. The van der Waals surface area contributed by atoms with Crippen LogP contribution in [-0.2, 0) is 14.3 Å². The third-order valence-electron chi connectivity index (χ3n) is 6.48. The largest absolute Gasteiger partial charge is 0.449 e. The molecule has 1 unspecified atom stereocenters. The molecular weight excluding hydrogens is 542 g/mol. The van der Waals surface area contributed by atoms with Gasteiger partial charge in [0.15, 0.2) is 11.6 Å². The van der Waals surface area contributed by atoms with E-state index in [4.69, 9.17) is 9.47 Å². The molecule has 4 rings (SSSR count). The van der Waals surface area contributed by atoms with Gasteiger partial charge in [-0.1, -0.05) is 13.8 Å². The molecule has 1 aromatic heterocycles. The SMILES string of the molecule is CC(C)COC(=O)NCC1CN(c2cc(F)c(N3CCN(C(=O)CNC(=O)c4cccnc4)CC3)c(F)c2)C(=O)O1. The van der Waals surface area contributed by atoms with Crippen molar-refractivity contribution in [3.63, 3.8) is 0 Å². The molecule has 0 bridgehead atoms. The first-order chi connectivity index (χ1) is 19.6. The lowest BCUT2D eigenvalue weighted by molar-refractivity contribution is -0.130. The molecule has 0 radical (unpaired) electrons. The Kier molecular flexibility index (Phi) is 9.53. The van der Waals surface area contributed by atoms with Gasteiger partial charge >= 0.3 is 12.2 Å². The summed E-state index contributed by atoms with van der Waals surface area (Å²) < 4.78 is 40.5. The number of piperazine rings is 1. The number of benzene rings is 1. The first-order valence-electron chi connectivity index (χ1n) is 13.2. The highest BCUT2D eigenvalue weighted by Gasteiger charge is 2.34. The number of aromatic nitrogens is 1. The lowest BCUT2D eigenvalue weighted by atomic mass is 10.2. The molecule has 41 heavy (non-hydrogen) atoms. The van der Waals surface area contributed by atoms with Gasteiger partial charge < -0.3 is 29.9 Å². The summed E-state index contributed by atoms with van der Waals surface area (Å²) >= 11 is 0. The molecule has 2 fully saturated rings. The van der Waals surface area contributed by atoms with Crippen molar-refractivity contribution in [1.82, 2.24) is 20.5 Å². The molecule has 1 atom stereocenters. The van der Waals surface area contributed by atoms with Gasteiger partial charge in [-0.15, -0.1) is 0 Å². The van der Waals surface area contributed by atoms with Gasteiger partial charge in [-0.3, -0.25) is 19.5 Å². The van der Waals surface area contributed by atoms with Gasteiger partial charge in [0.25, 0.3) is 5.91 Å². The minimum atomic E-state index is -0.866. The number of pyridine rings is 1. The van der Waals surface area contributed by atoms with E-state index >= 15 is 8.78 Å². The highest BCUT2D eigenvalue weighted by atomic mass is 19.1. The monoisotopic (exact) mass is 574 g/mol. The number of hydrogen-bond acceptors (Lipinski definition) is 8. The van der Waals surface area contributed by atoms with E-state index < -0.39 is 35.8 Å². The Bertz CT molecular complexity index is 1250. The Morgan fingerprint density at radius 2 is 1.83 bits per heavy atom. The summed E-state index contributed by atoms with van der Waals surface area (Å²) in [5, 5.41) is 5.06. The summed E-state index contributed by atoms with van der Waals surface area (Å²) in [5.41, 5.74) is 0.0527. The van der Waals surface area contributed by atoms with Crippen molar-refractivity contribution < 1.29 is 37.4 Å². The molecule has 4 amide bonds. The number of carbonyl (C=O) groups is 4. The van der Waals surface area contributed by atoms with E-state index in [0.29, 0.717) is 5.56 Å². The summed E-state index contributed by atoms with van der Waals surface area (Å²) in [5.74, 6) is -2.31. The van der Waals surface area contributed by atoms with Crippen LogP contribution in [0.15, 0.2) is 36.7 Å². The number of alkyl carbamates (subject to hydrolysis) is 1. The molecule has 12 nitrogen and oxygen atoms in total.